The van der Waals surface area contributed by atoms with Crippen LogP contribution in [0.4, 0.5) is 5.82 Å². The number of hydrogen-bond donors (Lipinski definition) is 1. The lowest BCUT2D eigenvalue weighted by atomic mass is 10.1. The summed E-state index contributed by atoms with van der Waals surface area (Å²) in [6, 6.07) is 2.56. The Kier molecular flexibility index (Phi) is 3.07. The van der Waals surface area contributed by atoms with Crippen LogP contribution in [0.3, 0.4) is 0 Å². The van der Waals surface area contributed by atoms with Crippen LogP contribution >= 0.6 is 0 Å². The lowest BCUT2D eigenvalue weighted by molar-refractivity contribution is 0.398. The van der Waals surface area contributed by atoms with E-state index in [1.807, 2.05) is 13.0 Å². The summed E-state index contributed by atoms with van der Waals surface area (Å²) in [6.45, 7) is 1.92. The first-order valence-corrected chi connectivity index (χ1v) is 5.54. The maximum atomic E-state index is 5.02. The molecule has 0 atom stereocenters. The average molecular weight is 194 g/mol. The van der Waals surface area contributed by atoms with Gasteiger partial charge in [0.25, 0.3) is 0 Å². The van der Waals surface area contributed by atoms with Crippen molar-refractivity contribution in [1.29, 1.82) is 0 Å². The molecule has 14 heavy (non-hydrogen) atoms. The molecule has 0 radical (unpaired) electrons. The van der Waals surface area contributed by atoms with Gasteiger partial charge in [0.15, 0.2) is 5.82 Å². The zero-order valence-electron chi connectivity index (χ0n) is 8.75. The van der Waals surface area contributed by atoms with Crippen LogP contribution in [0.2, 0.25) is 0 Å². The Labute approximate surface area is 84.9 Å². The van der Waals surface area contributed by atoms with Crippen molar-refractivity contribution in [1.82, 2.24) is 5.16 Å². The van der Waals surface area contributed by atoms with Gasteiger partial charge in [-0.2, -0.15) is 0 Å². The Morgan fingerprint density at radius 3 is 2.57 bits per heavy atom. The molecule has 78 valence electrons. The molecule has 1 aromatic rings. The Morgan fingerprint density at radius 1 is 1.29 bits per heavy atom. The first-order valence-electron chi connectivity index (χ1n) is 5.54. The van der Waals surface area contributed by atoms with Crippen molar-refractivity contribution in [2.75, 3.05) is 5.32 Å². The zero-order valence-corrected chi connectivity index (χ0v) is 8.75. The van der Waals surface area contributed by atoms with E-state index in [9.17, 15) is 0 Å². The second kappa shape index (κ2) is 4.49. The standard InChI is InChI=1S/C11H18N2O/c1-9-8-11(13-14-9)12-10-6-4-2-3-5-7-10/h8,10H,2-7H2,1H3,(H,12,13). The van der Waals surface area contributed by atoms with Crippen molar-refractivity contribution in [3.63, 3.8) is 0 Å². The molecule has 1 N–H and O–H groups in total. The van der Waals surface area contributed by atoms with Gasteiger partial charge in [-0.25, -0.2) is 0 Å². The fourth-order valence-electron chi connectivity index (χ4n) is 2.07. The minimum Gasteiger partial charge on any atom is -0.365 e. The van der Waals surface area contributed by atoms with Crippen molar-refractivity contribution in [3.8, 4) is 0 Å². The minimum atomic E-state index is 0.599. The van der Waals surface area contributed by atoms with Crippen LogP contribution in [0.1, 0.15) is 44.3 Å². The molecule has 2 rings (SSSR count). The highest BCUT2D eigenvalue weighted by Crippen LogP contribution is 2.20. The Balaban J connectivity index is 1.89. The molecule has 1 aromatic heterocycles. The highest BCUT2D eigenvalue weighted by Gasteiger charge is 2.13. The number of nitrogens with zero attached hydrogens (tertiary/aromatic N) is 1. The van der Waals surface area contributed by atoms with E-state index in [1.165, 1.54) is 38.5 Å². The van der Waals surface area contributed by atoms with Crippen LogP contribution in [0.5, 0.6) is 0 Å². The molecule has 0 unspecified atom stereocenters. The molecule has 1 aliphatic carbocycles. The van der Waals surface area contributed by atoms with Crippen LogP contribution in [0.15, 0.2) is 10.6 Å². The Hall–Kier alpha value is -0.990. The average Bonchev–Trinajstić information content (AvgIpc) is 2.43. The quantitative estimate of drug-likeness (QED) is 0.735. The maximum Gasteiger partial charge on any atom is 0.169 e. The molecular formula is C11H18N2O. The fourth-order valence-corrected chi connectivity index (χ4v) is 2.07. The molecule has 1 aliphatic rings. The third kappa shape index (κ3) is 2.50. The van der Waals surface area contributed by atoms with Crippen LogP contribution in [-0.4, -0.2) is 11.2 Å². The summed E-state index contributed by atoms with van der Waals surface area (Å²) in [7, 11) is 0. The van der Waals surface area contributed by atoms with E-state index < -0.39 is 0 Å². The minimum absolute atomic E-state index is 0.599. The predicted octanol–water partition coefficient (Wildman–Crippen LogP) is 3.12. The third-order valence-electron chi connectivity index (χ3n) is 2.84. The van der Waals surface area contributed by atoms with E-state index in [-0.39, 0.29) is 0 Å². The van der Waals surface area contributed by atoms with Gasteiger partial charge in [0.05, 0.1) is 0 Å². The van der Waals surface area contributed by atoms with E-state index >= 15 is 0 Å². The number of rotatable bonds is 2. The molecule has 0 spiro atoms. The molecule has 0 bridgehead atoms. The molecule has 0 aromatic carbocycles. The molecule has 3 nitrogen and oxygen atoms in total. The zero-order chi connectivity index (χ0) is 9.80. The highest BCUT2D eigenvalue weighted by molar-refractivity contribution is 5.34. The van der Waals surface area contributed by atoms with Crippen molar-refractivity contribution in [2.45, 2.75) is 51.5 Å². The number of aryl methyl sites for hydroxylation is 1. The lowest BCUT2D eigenvalue weighted by Crippen LogP contribution is -2.18. The third-order valence-corrected chi connectivity index (χ3v) is 2.84. The predicted molar refractivity (Wildman–Crippen MR) is 56.4 cm³/mol. The molecule has 3 heteroatoms. The SMILES string of the molecule is Cc1cc(NC2CCCCCC2)no1. The van der Waals surface area contributed by atoms with Gasteiger partial charge >= 0.3 is 0 Å². The normalized spacial score (nSPS) is 19.2. The first-order chi connectivity index (χ1) is 6.84. The highest BCUT2D eigenvalue weighted by atomic mass is 16.5. The summed E-state index contributed by atoms with van der Waals surface area (Å²) in [5.41, 5.74) is 0. The summed E-state index contributed by atoms with van der Waals surface area (Å²) in [5.74, 6) is 1.77. The molecule has 1 heterocycles. The second-order valence-corrected chi connectivity index (χ2v) is 4.16. The van der Waals surface area contributed by atoms with Gasteiger partial charge in [-0.15, -0.1) is 0 Å². The lowest BCUT2D eigenvalue weighted by Gasteiger charge is -2.14. The number of nitrogens with one attached hydrogen (secondary N) is 1. The van der Waals surface area contributed by atoms with E-state index in [0.29, 0.717) is 6.04 Å². The number of hydrogen-bond acceptors (Lipinski definition) is 3. The van der Waals surface area contributed by atoms with Crippen molar-refractivity contribution in [3.05, 3.63) is 11.8 Å². The number of aromatic nitrogens is 1. The van der Waals surface area contributed by atoms with Gasteiger partial charge < -0.3 is 9.84 Å². The van der Waals surface area contributed by atoms with Gasteiger partial charge in [-0.05, 0) is 19.8 Å². The molecule has 1 saturated carbocycles. The summed E-state index contributed by atoms with van der Waals surface area (Å²) in [4.78, 5) is 0. The largest absolute Gasteiger partial charge is 0.365 e. The smallest absolute Gasteiger partial charge is 0.169 e. The summed E-state index contributed by atoms with van der Waals surface area (Å²) in [5, 5.41) is 7.39. The Morgan fingerprint density at radius 2 is 2.00 bits per heavy atom. The summed E-state index contributed by atoms with van der Waals surface area (Å²) in [6.07, 6.45) is 7.99. The van der Waals surface area contributed by atoms with E-state index in [1.54, 1.807) is 0 Å². The summed E-state index contributed by atoms with van der Waals surface area (Å²) >= 11 is 0. The second-order valence-electron chi connectivity index (χ2n) is 4.16. The molecule has 0 saturated heterocycles. The van der Waals surface area contributed by atoms with Crippen molar-refractivity contribution < 1.29 is 4.52 Å². The van der Waals surface area contributed by atoms with Gasteiger partial charge in [0.2, 0.25) is 0 Å². The van der Waals surface area contributed by atoms with Gasteiger partial charge in [0, 0.05) is 12.1 Å². The van der Waals surface area contributed by atoms with Gasteiger partial charge in [0.1, 0.15) is 5.76 Å². The molecule has 0 aliphatic heterocycles. The number of anilines is 1. The van der Waals surface area contributed by atoms with Crippen LogP contribution in [0.25, 0.3) is 0 Å². The van der Waals surface area contributed by atoms with E-state index in [0.717, 1.165) is 11.6 Å². The molecule has 1 fully saturated rings. The topological polar surface area (TPSA) is 38.1 Å². The monoisotopic (exact) mass is 194 g/mol. The van der Waals surface area contributed by atoms with E-state index in [4.69, 9.17) is 4.52 Å². The van der Waals surface area contributed by atoms with E-state index in [2.05, 4.69) is 10.5 Å². The van der Waals surface area contributed by atoms with Crippen molar-refractivity contribution >= 4 is 5.82 Å². The van der Waals surface area contributed by atoms with Gasteiger partial charge in [-0.3, -0.25) is 0 Å². The molecular weight excluding hydrogens is 176 g/mol. The van der Waals surface area contributed by atoms with Crippen LogP contribution in [-0.2, 0) is 0 Å². The van der Waals surface area contributed by atoms with Crippen LogP contribution < -0.4 is 5.32 Å². The summed E-state index contributed by atoms with van der Waals surface area (Å²) < 4.78 is 5.02. The van der Waals surface area contributed by atoms with Gasteiger partial charge in [-0.1, -0.05) is 30.8 Å². The fraction of sp³-hybridized carbons (Fsp3) is 0.727. The maximum absolute atomic E-state index is 5.02. The Bertz CT molecular complexity index is 275. The van der Waals surface area contributed by atoms with Crippen molar-refractivity contribution in [2.24, 2.45) is 0 Å². The molecule has 0 amide bonds. The van der Waals surface area contributed by atoms with Crippen LogP contribution in [0, 0.1) is 6.92 Å². The first kappa shape index (κ1) is 9.56.